The Labute approximate surface area is 215 Å². The number of aromatic hydroxyl groups is 2. The number of nitrogens with zero attached hydrogens (tertiary/aromatic N) is 1. The average Bonchev–Trinajstić information content (AvgIpc) is 3.14. The van der Waals surface area contributed by atoms with Gasteiger partial charge in [-0.15, -0.1) is 0 Å². The van der Waals surface area contributed by atoms with Crippen LogP contribution >= 0.6 is 0 Å². The van der Waals surface area contributed by atoms with E-state index >= 15 is 0 Å². The number of anilines is 1. The van der Waals surface area contributed by atoms with E-state index in [1.807, 2.05) is 53.4 Å². The number of hydrogen-bond acceptors (Lipinski definition) is 3. The Kier molecular flexibility index (Phi) is 8.69. The molecule has 0 radical (unpaired) electrons. The Morgan fingerprint density at radius 1 is 0.639 bits per heavy atom. The largest absolute Gasteiger partial charge is 0.508 e. The van der Waals surface area contributed by atoms with Crippen LogP contribution in [0.1, 0.15) is 87.8 Å². The summed E-state index contributed by atoms with van der Waals surface area (Å²) in [5.41, 5.74) is 2.50. The molecule has 2 N–H and O–H groups in total. The highest BCUT2D eigenvalue weighted by Crippen LogP contribution is 2.50. The lowest BCUT2D eigenvalue weighted by atomic mass is 9.70. The molecule has 0 atom stereocenters. The first-order valence-electron chi connectivity index (χ1n) is 13.6. The lowest BCUT2D eigenvalue weighted by molar-refractivity contribution is -0.120. The van der Waals surface area contributed by atoms with E-state index in [4.69, 9.17) is 0 Å². The molecule has 4 heteroatoms. The minimum absolute atomic E-state index is 0.0241. The zero-order valence-electron chi connectivity index (χ0n) is 21.5. The summed E-state index contributed by atoms with van der Waals surface area (Å²) in [7, 11) is 0. The minimum Gasteiger partial charge on any atom is -0.508 e. The molecular weight excluding hydrogens is 446 g/mol. The van der Waals surface area contributed by atoms with E-state index in [-0.39, 0.29) is 17.4 Å². The van der Waals surface area contributed by atoms with Crippen molar-refractivity contribution in [2.45, 2.75) is 76.5 Å². The van der Waals surface area contributed by atoms with Crippen molar-refractivity contribution in [1.82, 2.24) is 0 Å². The molecule has 4 nitrogen and oxygen atoms in total. The molecule has 1 heterocycles. The van der Waals surface area contributed by atoms with Gasteiger partial charge in [0.05, 0.1) is 0 Å². The minimum atomic E-state index is -1.02. The molecule has 0 aliphatic carbocycles. The molecule has 1 aliphatic rings. The van der Waals surface area contributed by atoms with E-state index in [9.17, 15) is 15.0 Å². The molecule has 3 aromatic carbocycles. The molecule has 1 amide bonds. The van der Waals surface area contributed by atoms with Crippen molar-refractivity contribution < 1.29 is 15.0 Å². The molecular formula is C32H39NO3. The van der Waals surface area contributed by atoms with Crippen molar-refractivity contribution in [3.8, 4) is 11.5 Å². The van der Waals surface area contributed by atoms with Gasteiger partial charge in [-0.1, -0.05) is 107 Å². The maximum absolute atomic E-state index is 14.3. The molecule has 36 heavy (non-hydrogen) atoms. The highest BCUT2D eigenvalue weighted by molar-refractivity contribution is 6.13. The summed E-state index contributed by atoms with van der Waals surface area (Å²) in [6.07, 6.45) is 12.5. The SMILES string of the molecule is CCCCCCCCCCCCN1C(=O)C(c2ccc(O)cc2)(c2ccc(O)cc2)c2ccccc21. The van der Waals surface area contributed by atoms with Crippen molar-refractivity contribution >= 4 is 11.6 Å². The second kappa shape index (κ2) is 12.1. The van der Waals surface area contributed by atoms with Gasteiger partial charge in [0.15, 0.2) is 0 Å². The summed E-state index contributed by atoms with van der Waals surface area (Å²) in [4.78, 5) is 16.3. The lowest BCUT2D eigenvalue weighted by Gasteiger charge is -2.30. The molecule has 4 rings (SSSR count). The van der Waals surface area contributed by atoms with Crippen molar-refractivity contribution in [1.29, 1.82) is 0 Å². The lowest BCUT2D eigenvalue weighted by Crippen LogP contribution is -2.42. The number of phenolic OH excluding ortho intramolecular Hbond substituents is 2. The number of phenols is 2. The molecule has 0 saturated carbocycles. The topological polar surface area (TPSA) is 60.8 Å². The highest BCUT2D eigenvalue weighted by Gasteiger charge is 2.53. The van der Waals surface area contributed by atoms with Gasteiger partial charge in [0.2, 0.25) is 5.91 Å². The molecule has 0 fully saturated rings. The van der Waals surface area contributed by atoms with Crippen molar-refractivity contribution in [2.24, 2.45) is 0 Å². The average molecular weight is 486 g/mol. The fourth-order valence-corrected chi connectivity index (χ4v) is 5.58. The molecule has 0 saturated heterocycles. The summed E-state index contributed by atoms with van der Waals surface area (Å²) >= 11 is 0. The standard InChI is InChI=1S/C32H39NO3/c1-2-3-4-5-6-7-8-9-10-13-24-33-30-15-12-11-14-29(30)32(31(33)36,25-16-20-27(34)21-17-25)26-18-22-28(35)23-19-26/h11-12,14-23,34-35H,2-10,13,24H2,1H3. The molecule has 1 aliphatic heterocycles. The van der Waals surface area contributed by atoms with Gasteiger partial charge >= 0.3 is 0 Å². The number of rotatable bonds is 13. The highest BCUT2D eigenvalue weighted by atomic mass is 16.3. The smallest absolute Gasteiger partial charge is 0.246 e. The van der Waals surface area contributed by atoms with Crippen LogP contribution in [0.3, 0.4) is 0 Å². The third-order valence-electron chi connectivity index (χ3n) is 7.50. The number of carbonyl (C=O) groups excluding carboxylic acids is 1. The van der Waals surface area contributed by atoms with Gasteiger partial charge in [-0.05, 0) is 47.9 Å². The van der Waals surface area contributed by atoms with E-state index in [0.717, 1.165) is 35.2 Å². The Hall–Kier alpha value is -3.27. The van der Waals surface area contributed by atoms with Gasteiger partial charge in [-0.3, -0.25) is 4.79 Å². The predicted molar refractivity (Wildman–Crippen MR) is 147 cm³/mol. The van der Waals surface area contributed by atoms with Gasteiger partial charge < -0.3 is 15.1 Å². The van der Waals surface area contributed by atoms with Gasteiger partial charge in [0, 0.05) is 17.8 Å². The number of amides is 1. The molecule has 0 aromatic heterocycles. The molecule has 0 spiro atoms. The number of hydrogen-bond donors (Lipinski definition) is 2. The van der Waals surface area contributed by atoms with Crippen LogP contribution < -0.4 is 4.90 Å². The van der Waals surface area contributed by atoms with Crippen LogP contribution in [0, 0.1) is 0 Å². The van der Waals surface area contributed by atoms with Crippen molar-refractivity contribution in [3.63, 3.8) is 0 Å². The Morgan fingerprint density at radius 3 is 1.64 bits per heavy atom. The normalized spacial score (nSPS) is 14.2. The second-order valence-corrected chi connectivity index (χ2v) is 10.00. The first-order valence-corrected chi connectivity index (χ1v) is 13.6. The third-order valence-corrected chi connectivity index (χ3v) is 7.50. The molecule has 3 aromatic rings. The van der Waals surface area contributed by atoms with Crippen LogP contribution in [0.5, 0.6) is 11.5 Å². The number of fused-ring (bicyclic) bond motifs is 1. The van der Waals surface area contributed by atoms with Gasteiger partial charge in [0.1, 0.15) is 16.9 Å². The Morgan fingerprint density at radius 2 is 1.11 bits per heavy atom. The monoisotopic (exact) mass is 485 g/mol. The number of carbonyl (C=O) groups is 1. The predicted octanol–water partition coefficient (Wildman–Crippen LogP) is 7.70. The molecule has 0 bridgehead atoms. The first kappa shape index (κ1) is 25.8. The van der Waals surface area contributed by atoms with E-state index in [0.29, 0.717) is 6.54 Å². The Bertz CT molecular complexity index is 1080. The third kappa shape index (κ3) is 5.28. The van der Waals surface area contributed by atoms with Crippen molar-refractivity contribution in [2.75, 3.05) is 11.4 Å². The summed E-state index contributed by atoms with van der Waals surface area (Å²) in [5, 5.41) is 19.9. The number of para-hydroxylation sites is 1. The number of unbranched alkanes of at least 4 members (excludes halogenated alkanes) is 9. The molecule has 190 valence electrons. The fraction of sp³-hybridized carbons (Fsp3) is 0.406. The van der Waals surface area contributed by atoms with Crippen LogP contribution in [0.25, 0.3) is 0 Å². The van der Waals surface area contributed by atoms with E-state index in [1.165, 1.54) is 51.4 Å². The second-order valence-electron chi connectivity index (χ2n) is 10.00. The maximum atomic E-state index is 14.3. The van der Waals surface area contributed by atoms with Crippen LogP contribution in [-0.4, -0.2) is 22.7 Å². The summed E-state index contributed by atoms with van der Waals surface area (Å²) in [5.74, 6) is 0.358. The van der Waals surface area contributed by atoms with Crippen LogP contribution in [0.15, 0.2) is 72.8 Å². The zero-order chi connectivity index (χ0) is 25.4. The van der Waals surface area contributed by atoms with E-state index < -0.39 is 5.41 Å². The van der Waals surface area contributed by atoms with Crippen LogP contribution in [-0.2, 0) is 10.2 Å². The summed E-state index contributed by atoms with van der Waals surface area (Å²) in [6, 6.07) is 21.9. The maximum Gasteiger partial charge on any atom is 0.246 e. The van der Waals surface area contributed by atoms with Crippen LogP contribution in [0.4, 0.5) is 5.69 Å². The molecule has 0 unspecified atom stereocenters. The van der Waals surface area contributed by atoms with Gasteiger partial charge in [-0.25, -0.2) is 0 Å². The van der Waals surface area contributed by atoms with Crippen LogP contribution in [0.2, 0.25) is 0 Å². The van der Waals surface area contributed by atoms with E-state index in [1.54, 1.807) is 24.3 Å². The quantitative estimate of drug-likeness (QED) is 0.244. The Balaban J connectivity index is 1.53. The summed E-state index contributed by atoms with van der Waals surface area (Å²) in [6.45, 7) is 2.94. The van der Waals surface area contributed by atoms with Gasteiger partial charge in [0.25, 0.3) is 0 Å². The van der Waals surface area contributed by atoms with E-state index in [2.05, 4.69) is 6.92 Å². The van der Waals surface area contributed by atoms with Gasteiger partial charge in [-0.2, -0.15) is 0 Å². The van der Waals surface area contributed by atoms with Crippen molar-refractivity contribution in [3.05, 3.63) is 89.5 Å². The zero-order valence-corrected chi connectivity index (χ0v) is 21.5. The fourth-order valence-electron chi connectivity index (χ4n) is 5.58. The first-order chi connectivity index (χ1) is 17.6. The summed E-state index contributed by atoms with van der Waals surface area (Å²) < 4.78 is 0. The number of benzene rings is 3.